The average Bonchev–Trinajstić information content (AvgIpc) is 3.64. The van der Waals surface area contributed by atoms with Gasteiger partial charge in [-0.3, -0.25) is 4.90 Å². The van der Waals surface area contributed by atoms with Gasteiger partial charge in [-0.25, -0.2) is 9.67 Å². The molecule has 0 bridgehead atoms. The topological polar surface area (TPSA) is 81.4 Å². The largest absolute Gasteiger partial charge is 0.497 e. The van der Waals surface area contributed by atoms with Crippen LogP contribution in [-0.4, -0.2) is 70.5 Å². The summed E-state index contributed by atoms with van der Waals surface area (Å²) in [5.41, 5.74) is 3.32. The fraction of sp³-hybridized carbons (Fsp3) is 0.310. The van der Waals surface area contributed by atoms with Crippen LogP contribution in [-0.2, 0) is 13.0 Å². The van der Waals surface area contributed by atoms with Crippen LogP contribution in [0, 0.1) is 0 Å². The SMILES string of the molecule is COc1ccc([C@H](c2nnnn2CCc2ccccc2)N2CCN(c3nc4ccccc4s3)CC2)c(OC)c1. The van der Waals surface area contributed by atoms with Gasteiger partial charge in [-0.2, -0.15) is 0 Å². The van der Waals surface area contributed by atoms with E-state index in [4.69, 9.17) is 14.5 Å². The van der Waals surface area contributed by atoms with Gasteiger partial charge in [-0.1, -0.05) is 53.8 Å². The zero-order valence-electron chi connectivity index (χ0n) is 22.1. The number of methoxy groups -OCH3 is 2. The van der Waals surface area contributed by atoms with Gasteiger partial charge in [-0.05, 0) is 46.7 Å². The number of ether oxygens (including phenoxy) is 2. The third-order valence-electron chi connectivity index (χ3n) is 7.23. The highest BCUT2D eigenvalue weighted by Gasteiger charge is 2.33. The molecule has 3 heterocycles. The lowest BCUT2D eigenvalue weighted by atomic mass is 10.0. The van der Waals surface area contributed by atoms with Gasteiger partial charge in [0.2, 0.25) is 0 Å². The molecule has 0 N–H and O–H groups in total. The van der Waals surface area contributed by atoms with Crippen LogP contribution in [0.3, 0.4) is 0 Å². The number of rotatable bonds is 9. The first-order valence-corrected chi connectivity index (χ1v) is 13.9. The molecule has 2 aromatic heterocycles. The highest BCUT2D eigenvalue weighted by Crippen LogP contribution is 2.37. The maximum atomic E-state index is 5.85. The Labute approximate surface area is 231 Å². The smallest absolute Gasteiger partial charge is 0.186 e. The van der Waals surface area contributed by atoms with Crippen LogP contribution in [0.15, 0.2) is 72.8 Å². The van der Waals surface area contributed by atoms with Crippen LogP contribution < -0.4 is 14.4 Å². The molecule has 200 valence electrons. The maximum absolute atomic E-state index is 5.85. The zero-order valence-corrected chi connectivity index (χ0v) is 22.9. The molecule has 5 aromatic rings. The Hall–Kier alpha value is -4.02. The van der Waals surface area contributed by atoms with Gasteiger partial charge in [0.05, 0.1) is 24.4 Å². The molecule has 1 aliphatic rings. The summed E-state index contributed by atoms with van der Waals surface area (Å²) in [4.78, 5) is 9.70. The summed E-state index contributed by atoms with van der Waals surface area (Å²) in [5.74, 6) is 2.31. The minimum Gasteiger partial charge on any atom is -0.497 e. The third-order valence-corrected chi connectivity index (χ3v) is 8.32. The van der Waals surface area contributed by atoms with Gasteiger partial charge in [0.15, 0.2) is 11.0 Å². The number of hydrogen-bond donors (Lipinski definition) is 0. The van der Waals surface area contributed by atoms with E-state index in [-0.39, 0.29) is 6.04 Å². The second kappa shape index (κ2) is 11.4. The molecule has 10 heteroatoms. The molecule has 0 aliphatic carbocycles. The summed E-state index contributed by atoms with van der Waals surface area (Å²) in [6.07, 6.45) is 0.844. The fourth-order valence-corrected chi connectivity index (χ4v) is 6.17. The molecular weight excluding hydrogens is 510 g/mol. The third kappa shape index (κ3) is 5.30. The van der Waals surface area contributed by atoms with E-state index in [2.05, 4.69) is 73.9 Å². The standard InChI is InChI=1S/C29H31N7O2S/c1-37-22-12-13-23(25(20-22)38-2)27(28-31-32-33-36(28)15-14-21-8-4-3-5-9-21)34-16-18-35(19-17-34)29-30-24-10-6-7-11-26(24)39-29/h3-13,20,27H,14-19H2,1-2H3/t27-/m1/s1. The lowest BCUT2D eigenvalue weighted by molar-refractivity contribution is 0.197. The van der Waals surface area contributed by atoms with Crippen LogP contribution >= 0.6 is 11.3 Å². The lowest BCUT2D eigenvalue weighted by Crippen LogP contribution is -2.48. The van der Waals surface area contributed by atoms with Crippen LogP contribution in [0.25, 0.3) is 10.2 Å². The van der Waals surface area contributed by atoms with Crippen molar-refractivity contribution >= 4 is 26.7 Å². The number of benzene rings is 3. The number of piperazine rings is 1. The minimum atomic E-state index is -0.172. The molecular formula is C29H31N7O2S. The van der Waals surface area contributed by atoms with E-state index < -0.39 is 0 Å². The van der Waals surface area contributed by atoms with E-state index in [9.17, 15) is 0 Å². The highest BCUT2D eigenvalue weighted by atomic mass is 32.1. The van der Waals surface area contributed by atoms with Crippen LogP contribution in [0.1, 0.15) is 23.0 Å². The molecule has 1 saturated heterocycles. The van der Waals surface area contributed by atoms with Crippen molar-refractivity contribution in [3.8, 4) is 11.5 Å². The van der Waals surface area contributed by atoms with Crippen molar-refractivity contribution in [2.45, 2.75) is 19.0 Å². The summed E-state index contributed by atoms with van der Waals surface area (Å²) < 4.78 is 14.5. The second-order valence-corrected chi connectivity index (χ2v) is 10.5. The number of para-hydroxylation sites is 1. The predicted octanol–water partition coefficient (Wildman–Crippen LogP) is 4.45. The van der Waals surface area contributed by atoms with Crippen LogP contribution in [0.5, 0.6) is 11.5 Å². The van der Waals surface area contributed by atoms with Crippen molar-refractivity contribution in [1.82, 2.24) is 30.1 Å². The van der Waals surface area contributed by atoms with E-state index in [1.54, 1.807) is 25.6 Å². The van der Waals surface area contributed by atoms with E-state index in [1.165, 1.54) is 10.3 Å². The van der Waals surface area contributed by atoms with E-state index >= 15 is 0 Å². The van der Waals surface area contributed by atoms with Gasteiger partial charge in [0, 0.05) is 44.4 Å². The molecule has 0 spiro atoms. The van der Waals surface area contributed by atoms with E-state index in [0.717, 1.165) is 66.1 Å². The molecule has 6 rings (SSSR count). The normalized spacial score (nSPS) is 15.0. The number of fused-ring (bicyclic) bond motifs is 1. The monoisotopic (exact) mass is 541 g/mol. The van der Waals surface area contributed by atoms with Gasteiger partial charge >= 0.3 is 0 Å². The summed E-state index contributed by atoms with van der Waals surface area (Å²) in [7, 11) is 3.36. The average molecular weight is 542 g/mol. The van der Waals surface area contributed by atoms with Gasteiger partial charge in [-0.15, -0.1) is 5.10 Å². The van der Waals surface area contributed by atoms with Crippen molar-refractivity contribution in [1.29, 1.82) is 0 Å². The van der Waals surface area contributed by atoms with Crippen LogP contribution in [0.4, 0.5) is 5.13 Å². The number of anilines is 1. The Morgan fingerprint density at radius 2 is 1.69 bits per heavy atom. The molecule has 0 amide bonds. The van der Waals surface area contributed by atoms with Gasteiger partial charge in [0.1, 0.15) is 17.5 Å². The van der Waals surface area contributed by atoms with E-state index in [1.807, 2.05) is 28.9 Å². The van der Waals surface area contributed by atoms with Crippen molar-refractivity contribution in [3.63, 3.8) is 0 Å². The molecule has 9 nitrogen and oxygen atoms in total. The predicted molar refractivity (Wildman–Crippen MR) is 153 cm³/mol. The Morgan fingerprint density at radius 3 is 2.46 bits per heavy atom. The Balaban J connectivity index is 1.29. The molecule has 39 heavy (non-hydrogen) atoms. The number of tetrazole rings is 1. The summed E-state index contributed by atoms with van der Waals surface area (Å²) in [6.45, 7) is 4.08. The number of thiazole rings is 1. The lowest BCUT2D eigenvalue weighted by Gasteiger charge is -2.39. The summed E-state index contributed by atoms with van der Waals surface area (Å²) >= 11 is 1.75. The van der Waals surface area contributed by atoms with Crippen molar-refractivity contribution in [3.05, 3.63) is 89.7 Å². The highest BCUT2D eigenvalue weighted by molar-refractivity contribution is 7.22. The summed E-state index contributed by atoms with van der Waals surface area (Å²) in [6, 6.07) is 24.5. The molecule has 1 atom stereocenters. The quantitative estimate of drug-likeness (QED) is 0.271. The van der Waals surface area contributed by atoms with Crippen molar-refractivity contribution < 1.29 is 9.47 Å². The second-order valence-electron chi connectivity index (χ2n) is 9.49. The number of nitrogens with zero attached hydrogens (tertiary/aromatic N) is 7. The first kappa shape index (κ1) is 25.3. The molecule has 1 aliphatic heterocycles. The summed E-state index contributed by atoms with van der Waals surface area (Å²) in [5, 5.41) is 14.1. The number of aryl methyl sites for hydroxylation is 2. The molecule has 3 aromatic carbocycles. The minimum absolute atomic E-state index is 0.172. The van der Waals surface area contributed by atoms with Gasteiger partial charge in [0.25, 0.3) is 0 Å². The fourth-order valence-electron chi connectivity index (χ4n) is 5.16. The number of aromatic nitrogens is 5. The van der Waals surface area contributed by atoms with Crippen molar-refractivity contribution in [2.24, 2.45) is 0 Å². The van der Waals surface area contributed by atoms with Crippen LogP contribution in [0.2, 0.25) is 0 Å². The van der Waals surface area contributed by atoms with Gasteiger partial charge < -0.3 is 14.4 Å². The zero-order chi connectivity index (χ0) is 26.6. The molecule has 0 unspecified atom stereocenters. The van der Waals surface area contributed by atoms with Crippen molar-refractivity contribution in [2.75, 3.05) is 45.3 Å². The maximum Gasteiger partial charge on any atom is 0.186 e. The number of hydrogen-bond acceptors (Lipinski definition) is 9. The molecule has 0 radical (unpaired) electrons. The Morgan fingerprint density at radius 1 is 0.897 bits per heavy atom. The first-order chi connectivity index (χ1) is 19.2. The first-order valence-electron chi connectivity index (χ1n) is 13.1. The Bertz CT molecular complexity index is 1500. The Kier molecular flexibility index (Phi) is 7.38. The molecule has 1 fully saturated rings. The molecule has 0 saturated carbocycles. The van der Waals surface area contributed by atoms with E-state index in [0.29, 0.717) is 6.54 Å².